The van der Waals surface area contributed by atoms with Gasteiger partial charge in [-0.2, -0.15) is 5.10 Å². The van der Waals surface area contributed by atoms with Crippen molar-refractivity contribution in [1.29, 1.82) is 0 Å². The molecule has 0 saturated heterocycles. The summed E-state index contributed by atoms with van der Waals surface area (Å²) in [4.78, 5) is 23.8. The number of hydrogen-bond acceptors (Lipinski definition) is 4. The smallest absolute Gasteiger partial charge is 0.259 e. The second-order valence-electron chi connectivity index (χ2n) is 4.73. The summed E-state index contributed by atoms with van der Waals surface area (Å²) in [5, 5.41) is 6.36. The summed E-state index contributed by atoms with van der Waals surface area (Å²) in [6, 6.07) is 14.3. The Bertz CT molecular complexity index is 762. The van der Waals surface area contributed by atoms with Crippen LogP contribution in [0, 0.1) is 0 Å². The maximum absolute atomic E-state index is 12.0. The van der Waals surface area contributed by atoms with Crippen LogP contribution in [-0.4, -0.2) is 31.7 Å². The van der Waals surface area contributed by atoms with Crippen molar-refractivity contribution in [2.24, 2.45) is 5.10 Å². The molecular formula is C17H16BrN3O3. The van der Waals surface area contributed by atoms with Crippen LogP contribution in [0.25, 0.3) is 0 Å². The first-order valence-corrected chi connectivity index (χ1v) is 7.88. The third-order valence-electron chi connectivity index (χ3n) is 3.01. The Morgan fingerprint density at radius 1 is 1.21 bits per heavy atom. The average Bonchev–Trinajstić information content (AvgIpc) is 2.59. The molecule has 0 aliphatic heterocycles. The molecule has 0 radical (unpaired) electrons. The van der Waals surface area contributed by atoms with E-state index < -0.39 is 11.8 Å². The third kappa shape index (κ3) is 5.20. The molecule has 2 aromatic carbocycles. The molecule has 2 N–H and O–H groups in total. The lowest BCUT2D eigenvalue weighted by molar-refractivity contribution is -0.120. The van der Waals surface area contributed by atoms with Crippen LogP contribution >= 0.6 is 15.9 Å². The number of para-hydroxylation sites is 1. The van der Waals surface area contributed by atoms with Gasteiger partial charge in [-0.3, -0.25) is 9.59 Å². The number of ether oxygens (including phenoxy) is 1. The summed E-state index contributed by atoms with van der Waals surface area (Å²) in [5.74, 6) is -0.369. The Morgan fingerprint density at radius 2 is 2.00 bits per heavy atom. The van der Waals surface area contributed by atoms with E-state index in [0.29, 0.717) is 11.3 Å². The molecule has 0 heterocycles. The average molecular weight is 390 g/mol. The minimum absolute atomic E-state index is 0.188. The number of hydrazone groups is 1. The SMILES string of the molecule is COc1ccccc1C(=O)NCC(=O)NN=Cc1cccc(Br)c1. The van der Waals surface area contributed by atoms with Crippen LogP contribution in [0.1, 0.15) is 15.9 Å². The topological polar surface area (TPSA) is 79.8 Å². The minimum Gasteiger partial charge on any atom is -0.496 e. The molecular weight excluding hydrogens is 374 g/mol. The zero-order chi connectivity index (χ0) is 17.4. The van der Waals surface area contributed by atoms with Gasteiger partial charge >= 0.3 is 0 Å². The zero-order valence-electron chi connectivity index (χ0n) is 13.0. The van der Waals surface area contributed by atoms with E-state index in [1.165, 1.54) is 13.3 Å². The molecule has 0 atom stereocenters. The maximum atomic E-state index is 12.0. The Labute approximate surface area is 148 Å². The van der Waals surface area contributed by atoms with Gasteiger partial charge < -0.3 is 10.1 Å². The molecule has 0 spiro atoms. The number of carbonyl (C=O) groups excluding carboxylic acids is 2. The zero-order valence-corrected chi connectivity index (χ0v) is 14.5. The molecule has 2 rings (SSSR count). The van der Waals surface area contributed by atoms with Crippen molar-refractivity contribution in [1.82, 2.24) is 10.7 Å². The first kappa shape index (κ1) is 17.7. The normalized spacial score (nSPS) is 10.4. The molecule has 2 aromatic rings. The molecule has 2 amide bonds. The van der Waals surface area contributed by atoms with Gasteiger partial charge in [0.05, 0.1) is 25.4 Å². The standard InChI is InChI=1S/C17H16BrN3O3/c1-24-15-8-3-2-7-14(15)17(23)19-11-16(22)21-20-10-12-5-4-6-13(18)9-12/h2-10H,11H2,1H3,(H,19,23)(H,21,22). The van der Waals surface area contributed by atoms with Crippen molar-refractivity contribution in [3.8, 4) is 5.75 Å². The molecule has 24 heavy (non-hydrogen) atoms. The molecule has 0 fully saturated rings. The molecule has 0 unspecified atom stereocenters. The molecule has 0 aromatic heterocycles. The number of rotatable bonds is 6. The second-order valence-corrected chi connectivity index (χ2v) is 5.65. The van der Waals surface area contributed by atoms with Crippen molar-refractivity contribution in [2.45, 2.75) is 0 Å². The van der Waals surface area contributed by atoms with Gasteiger partial charge in [0, 0.05) is 4.47 Å². The van der Waals surface area contributed by atoms with Crippen molar-refractivity contribution in [2.75, 3.05) is 13.7 Å². The maximum Gasteiger partial charge on any atom is 0.259 e. The van der Waals surface area contributed by atoms with Gasteiger partial charge in [0.25, 0.3) is 11.8 Å². The Morgan fingerprint density at radius 3 is 2.75 bits per heavy atom. The summed E-state index contributed by atoms with van der Waals surface area (Å²) in [6.07, 6.45) is 1.52. The molecule has 0 aliphatic carbocycles. The van der Waals surface area contributed by atoms with Crippen LogP contribution in [0.4, 0.5) is 0 Å². The highest BCUT2D eigenvalue weighted by Crippen LogP contribution is 2.16. The van der Waals surface area contributed by atoms with Gasteiger partial charge in [-0.25, -0.2) is 5.43 Å². The highest BCUT2D eigenvalue weighted by Gasteiger charge is 2.12. The van der Waals surface area contributed by atoms with Gasteiger partial charge in [0.1, 0.15) is 5.75 Å². The number of methoxy groups -OCH3 is 1. The fourth-order valence-electron chi connectivity index (χ4n) is 1.89. The highest BCUT2D eigenvalue weighted by atomic mass is 79.9. The van der Waals surface area contributed by atoms with Gasteiger partial charge in [0.2, 0.25) is 0 Å². The fraction of sp³-hybridized carbons (Fsp3) is 0.118. The van der Waals surface area contributed by atoms with Crippen LogP contribution in [0.5, 0.6) is 5.75 Å². The summed E-state index contributed by atoms with van der Waals surface area (Å²) >= 11 is 3.35. The first-order chi connectivity index (χ1) is 11.6. The summed E-state index contributed by atoms with van der Waals surface area (Å²) in [6.45, 7) is -0.188. The quantitative estimate of drug-likeness (QED) is 0.587. The third-order valence-corrected chi connectivity index (χ3v) is 3.51. The monoisotopic (exact) mass is 389 g/mol. The fourth-order valence-corrected chi connectivity index (χ4v) is 2.31. The molecule has 0 bridgehead atoms. The summed E-state index contributed by atoms with van der Waals surface area (Å²) in [7, 11) is 1.48. The second kappa shape index (κ2) is 8.83. The van der Waals surface area contributed by atoms with Crippen molar-refractivity contribution < 1.29 is 14.3 Å². The van der Waals surface area contributed by atoms with E-state index in [4.69, 9.17) is 4.74 Å². The largest absolute Gasteiger partial charge is 0.496 e. The van der Waals surface area contributed by atoms with E-state index in [1.54, 1.807) is 24.3 Å². The Balaban J connectivity index is 1.83. The van der Waals surface area contributed by atoms with Crippen molar-refractivity contribution in [3.63, 3.8) is 0 Å². The van der Waals surface area contributed by atoms with Crippen LogP contribution < -0.4 is 15.5 Å². The Kier molecular flexibility index (Phi) is 6.51. The van der Waals surface area contributed by atoms with E-state index >= 15 is 0 Å². The lowest BCUT2D eigenvalue weighted by Crippen LogP contribution is -2.35. The molecule has 0 aliphatic rings. The van der Waals surface area contributed by atoms with E-state index in [-0.39, 0.29) is 6.54 Å². The summed E-state index contributed by atoms with van der Waals surface area (Å²) < 4.78 is 6.03. The number of hydrogen-bond donors (Lipinski definition) is 2. The molecule has 6 nitrogen and oxygen atoms in total. The number of nitrogens with zero attached hydrogens (tertiary/aromatic N) is 1. The van der Waals surface area contributed by atoms with Gasteiger partial charge in [-0.15, -0.1) is 0 Å². The predicted molar refractivity (Wildman–Crippen MR) is 95.2 cm³/mol. The lowest BCUT2D eigenvalue weighted by atomic mass is 10.2. The van der Waals surface area contributed by atoms with E-state index in [1.807, 2.05) is 24.3 Å². The number of halogens is 1. The number of carbonyl (C=O) groups is 2. The summed E-state index contributed by atoms with van der Waals surface area (Å²) in [5.41, 5.74) is 3.56. The van der Waals surface area contributed by atoms with Gasteiger partial charge in [-0.1, -0.05) is 40.2 Å². The van der Waals surface area contributed by atoms with E-state index in [9.17, 15) is 9.59 Å². The highest BCUT2D eigenvalue weighted by molar-refractivity contribution is 9.10. The van der Waals surface area contributed by atoms with Crippen LogP contribution in [0.2, 0.25) is 0 Å². The first-order valence-electron chi connectivity index (χ1n) is 7.09. The number of nitrogens with one attached hydrogen (secondary N) is 2. The number of benzene rings is 2. The van der Waals surface area contributed by atoms with E-state index in [0.717, 1.165) is 10.0 Å². The van der Waals surface area contributed by atoms with Gasteiger partial charge in [0.15, 0.2) is 0 Å². The lowest BCUT2D eigenvalue weighted by Gasteiger charge is -2.08. The van der Waals surface area contributed by atoms with Crippen LogP contribution in [0.3, 0.4) is 0 Å². The Hall–Kier alpha value is -2.67. The molecule has 0 saturated carbocycles. The van der Waals surface area contributed by atoms with Crippen molar-refractivity contribution in [3.05, 3.63) is 64.1 Å². The van der Waals surface area contributed by atoms with Crippen molar-refractivity contribution >= 4 is 34.0 Å². The van der Waals surface area contributed by atoms with Crippen LogP contribution in [-0.2, 0) is 4.79 Å². The van der Waals surface area contributed by atoms with E-state index in [2.05, 4.69) is 31.8 Å². The van der Waals surface area contributed by atoms with Crippen LogP contribution in [0.15, 0.2) is 58.1 Å². The number of amides is 2. The molecule has 7 heteroatoms. The van der Waals surface area contributed by atoms with Gasteiger partial charge in [-0.05, 0) is 29.8 Å². The predicted octanol–water partition coefficient (Wildman–Crippen LogP) is 2.34. The minimum atomic E-state index is -0.426. The molecule has 124 valence electrons.